The highest BCUT2D eigenvalue weighted by molar-refractivity contribution is 6.39. The molecule has 0 radical (unpaired) electrons. The fraction of sp³-hybridized carbons (Fsp3) is 0.500. The Hall–Kier alpha value is -2.48. The van der Waals surface area contributed by atoms with Crippen LogP contribution in [0.2, 0.25) is 5.02 Å². The van der Waals surface area contributed by atoms with Crippen LogP contribution in [0.15, 0.2) is 11.2 Å². The van der Waals surface area contributed by atoms with E-state index in [0.29, 0.717) is 12.8 Å². The molecule has 2 N–H and O–H groups in total. The first kappa shape index (κ1) is 20.8. The third-order valence-corrected chi connectivity index (χ3v) is 4.88. The van der Waals surface area contributed by atoms with Gasteiger partial charge in [-0.2, -0.15) is 4.91 Å². The summed E-state index contributed by atoms with van der Waals surface area (Å²) in [5.41, 5.74) is -0.0401. The van der Waals surface area contributed by atoms with Crippen LogP contribution in [0.1, 0.15) is 54.9 Å². The maximum absolute atomic E-state index is 12.5. The van der Waals surface area contributed by atoms with Crippen LogP contribution in [0.25, 0.3) is 0 Å². The first-order valence-corrected chi connectivity index (χ1v) is 8.97. The molecule has 1 aromatic carbocycles. The molecule has 2 atom stereocenters. The summed E-state index contributed by atoms with van der Waals surface area (Å²) in [4.78, 5) is 47.5. The normalized spacial score (nSPS) is 22.5. The van der Waals surface area contributed by atoms with Gasteiger partial charge in [0.15, 0.2) is 6.04 Å². The van der Waals surface area contributed by atoms with E-state index in [4.69, 9.17) is 16.3 Å². The Morgan fingerprint density at radius 2 is 1.81 bits per heavy atom. The van der Waals surface area contributed by atoms with Gasteiger partial charge in [-0.15, -0.1) is 0 Å². The number of hydrogen-bond acceptors (Lipinski definition) is 8. The van der Waals surface area contributed by atoms with Crippen molar-refractivity contribution in [3.05, 3.63) is 27.1 Å². The Labute approximate surface area is 160 Å². The monoisotopic (exact) mass is 397 g/mol. The Morgan fingerprint density at radius 1 is 1.11 bits per heavy atom. The maximum atomic E-state index is 12.5. The number of aromatic hydroxyl groups is 2. The molecule has 9 heteroatoms. The van der Waals surface area contributed by atoms with Crippen LogP contribution < -0.4 is 0 Å². The van der Waals surface area contributed by atoms with Gasteiger partial charge in [0, 0.05) is 12.5 Å². The van der Waals surface area contributed by atoms with Crippen LogP contribution >= 0.6 is 11.6 Å². The molecular formula is C18H20ClNO7. The van der Waals surface area contributed by atoms with Gasteiger partial charge in [-0.25, -0.2) is 4.79 Å². The molecule has 0 saturated carbocycles. The van der Waals surface area contributed by atoms with Crippen molar-refractivity contribution in [2.75, 3.05) is 0 Å². The number of cyclic esters (lactones) is 1. The van der Waals surface area contributed by atoms with Crippen molar-refractivity contribution in [2.45, 2.75) is 57.6 Å². The number of ether oxygens (including phenoxy) is 1. The number of halogens is 1. The summed E-state index contributed by atoms with van der Waals surface area (Å²) in [6.07, 6.45) is 0.186. The lowest BCUT2D eigenvalue weighted by molar-refractivity contribution is -0.137. The van der Waals surface area contributed by atoms with E-state index < -0.39 is 41.2 Å². The zero-order valence-electron chi connectivity index (χ0n) is 14.7. The highest BCUT2D eigenvalue weighted by Crippen LogP contribution is 2.37. The van der Waals surface area contributed by atoms with Gasteiger partial charge in [0.1, 0.15) is 17.1 Å². The molecule has 1 aromatic rings. The minimum Gasteiger partial charge on any atom is -0.507 e. The number of carbonyl (C=O) groups excluding carboxylic acids is 3. The molecule has 0 bridgehead atoms. The average molecular weight is 398 g/mol. The van der Waals surface area contributed by atoms with E-state index in [9.17, 15) is 29.5 Å². The number of hydrogen-bond donors (Lipinski definition) is 2. The first-order valence-electron chi connectivity index (χ1n) is 8.60. The van der Waals surface area contributed by atoms with Gasteiger partial charge in [-0.3, -0.25) is 9.59 Å². The van der Waals surface area contributed by atoms with Crippen molar-refractivity contribution in [1.82, 2.24) is 0 Å². The Kier molecular flexibility index (Phi) is 6.90. The third-order valence-electron chi connectivity index (χ3n) is 4.46. The van der Waals surface area contributed by atoms with Crippen LogP contribution in [0.3, 0.4) is 0 Å². The highest BCUT2D eigenvalue weighted by Gasteiger charge is 2.28. The molecule has 1 unspecified atom stereocenters. The SMILES string of the molecule is C[C@H]1CCCC(N=O)C(=O)C(=O)CCCc2c(Cl)c(O)cc(O)c2C(=O)O1. The molecule has 8 nitrogen and oxygen atoms in total. The van der Waals surface area contributed by atoms with Crippen molar-refractivity contribution in [3.8, 4) is 11.5 Å². The lowest BCUT2D eigenvalue weighted by Gasteiger charge is -2.18. The summed E-state index contributed by atoms with van der Waals surface area (Å²) in [6.45, 7) is 1.62. The number of phenolic OH excluding ortho intramolecular Hbond substituents is 2. The van der Waals surface area contributed by atoms with Crippen molar-refractivity contribution in [2.24, 2.45) is 5.18 Å². The molecule has 0 saturated heterocycles. The summed E-state index contributed by atoms with van der Waals surface area (Å²) in [5, 5.41) is 22.5. The molecule has 0 aliphatic carbocycles. The van der Waals surface area contributed by atoms with Crippen molar-refractivity contribution >= 4 is 29.1 Å². The number of rotatable bonds is 1. The summed E-state index contributed by atoms with van der Waals surface area (Å²) in [7, 11) is 0. The number of Topliss-reactive ketones (excluding diaryl/α,β-unsaturated/α-hetero) is 2. The van der Waals surface area contributed by atoms with Crippen LogP contribution in [-0.2, 0) is 20.7 Å². The van der Waals surface area contributed by atoms with Crippen LogP contribution in [0, 0.1) is 4.91 Å². The number of nitrogens with zero attached hydrogens (tertiary/aromatic N) is 1. The second-order valence-corrected chi connectivity index (χ2v) is 6.87. The Morgan fingerprint density at radius 3 is 2.48 bits per heavy atom. The van der Waals surface area contributed by atoms with E-state index in [2.05, 4.69) is 5.18 Å². The van der Waals surface area contributed by atoms with Crippen LogP contribution in [0.4, 0.5) is 0 Å². The molecule has 27 heavy (non-hydrogen) atoms. The molecule has 1 aliphatic rings. The van der Waals surface area contributed by atoms with Crippen LogP contribution in [0.5, 0.6) is 11.5 Å². The lowest BCUT2D eigenvalue weighted by atomic mass is 9.96. The van der Waals surface area contributed by atoms with Gasteiger partial charge in [0.2, 0.25) is 11.6 Å². The second-order valence-electron chi connectivity index (χ2n) is 6.49. The van der Waals surface area contributed by atoms with Gasteiger partial charge in [-0.1, -0.05) is 16.8 Å². The van der Waals surface area contributed by atoms with E-state index in [1.807, 2.05) is 0 Å². The fourth-order valence-electron chi connectivity index (χ4n) is 3.01. The number of carbonyl (C=O) groups is 3. The molecule has 0 aromatic heterocycles. The maximum Gasteiger partial charge on any atom is 0.342 e. The van der Waals surface area contributed by atoms with Gasteiger partial charge in [-0.05, 0) is 44.6 Å². The van der Waals surface area contributed by atoms with E-state index in [1.165, 1.54) is 0 Å². The van der Waals surface area contributed by atoms with Crippen LogP contribution in [-0.4, -0.2) is 39.9 Å². The summed E-state index contributed by atoms with van der Waals surface area (Å²) < 4.78 is 5.31. The molecule has 0 amide bonds. The van der Waals surface area contributed by atoms with Crippen molar-refractivity contribution in [3.63, 3.8) is 0 Å². The smallest absolute Gasteiger partial charge is 0.342 e. The predicted molar refractivity (Wildman–Crippen MR) is 96.0 cm³/mol. The van der Waals surface area contributed by atoms with Gasteiger partial charge in [0.05, 0.1) is 11.1 Å². The number of ketones is 2. The van der Waals surface area contributed by atoms with Crippen molar-refractivity contribution < 1.29 is 29.3 Å². The standard InChI is InChI=1S/C18H20ClNO7/c1-9-4-2-6-11(20-26)17(24)12(21)7-3-5-10-15(18(25)27-9)13(22)8-14(23)16(10)19/h8-9,11,22-23H,2-7H2,1H3/t9-,11?/m0/s1. The summed E-state index contributed by atoms with van der Waals surface area (Å²) >= 11 is 6.07. The number of nitroso groups, excluding NO2 is 1. The Bertz CT molecular complexity index is 777. The Balaban J connectivity index is 2.39. The van der Waals surface area contributed by atoms with E-state index >= 15 is 0 Å². The number of phenols is 2. The zero-order valence-corrected chi connectivity index (χ0v) is 15.5. The molecule has 2 rings (SSSR count). The molecule has 146 valence electrons. The fourth-order valence-corrected chi connectivity index (χ4v) is 3.26. The highest BCUT2D eigenvalue weighted by atomic mass is 35.5. The quantitative estimate of drug-likeness (QED) is 0.423. The van der Waals surface area contributed by atoms with Gasteiger partial charge >= 0.3 is 5.97 Å². The zero-order chi connectivity index (χ0) is 20.1. The number of benzene rings is 1. The first-order chi connectivity index (χ1) is 12.8. The third kappa shape index (κ3) is 4.82. The molecule has 1 heterocycles. The topological polar surface area (TPSA) is 130 Å². The lowest BCUT2D eigenvalue weighted by Crippen LogP contribution is -2.27. The minimum absolute atomic E-state index is 0.0395. The molecular weight excluding hydrogens is 378 g/mol. The largest absolute Gasteiger partial charge is 0.507 e. The second kappa shape index (κ2) is 8.94. The van der Waals surface area contributed by atoms with E-state index in [1.54, 1.807) is 6.92 Å². The van der Waals surface area contributed by atoms with E-state index in [0.717, 1.165) is 6.07 Å². The van der Waals surface area contributed by atoms with E-state index in [-0.39, 0.29) is 41.8 Å². The van der Waals surface area contributed by atoms with Gasteiger partial charge < -0.3 is 14.9 Å². The molecule has 0 spiro atoms. The summed E-state index contributed by atoms with van der Waals surface area (Å²) in [6, 6.07) is -0.294. The molecule has 1 aliphatic heterocycles. The average Bonchev–Trinajstić information content (AvgIpc) is 2.61. The van der Waals surface area contributed by atoms with Crippen molar-refractivity contribution in [1.29, 1.82) is 0 Å². The number of esters is 1. The minimum atomic E-state index is -1.24. The summed E-state index contributed by atoms with van der Waals surface area (Å²) in [5.74, 6) is -3.26. The van der Waals surface area contributed by atoms with Gasteiger partial charge in [0.25, 0.3) is 0 Å². The predicted octanol–water partition coefficient (Wildman–Crippen LogP) is 3.08. The number of fused-ring (bicyclic) bond motifs is 1. The molecule has 0 fully saturated rings.